The van der Waals surface area contributed by atoms with Gasteiger partial charge in [-0.3, -0.25) is 0 Å². The normalized spacial score (nSPS) is 20.8. The van der Waals surface area contributed by atoms with Gasteiger partial charge in [-0.25, -0.2) is 0 Å². The van der Waals surface area contributed by atoms with Crippen LogP contribution in [-0.4, -0.2) is 29.4 Å². The monoisotopic (exact) mass is 169 g/mol. The maximum absolute atomic E-state index is 3.15. The van der Waals surface area contributed by atoms with Gasteiger partial charge in [-0.05, 0) is 0 Å². The smallest absolute Gasteiger partial charge is 0.0310 e. The van der Waals surface area contributed by atoms with Crippen LogP contribution in [0, 0.1) is 6.20 Å². The number of nitrogens with zero attached hydrogens (tertiary/aromatic N) is 2. The molecule has 10 heavy (non-hydrogen) atoms. The van der Waals surface area contributed by atoms with E-state index < -0.39 is 0 Å². The van der Waals surface area contributed by atoms with Crippen LogP contribution in [0.3, 0.4) is 0 Å². The van der Waals surface area contributed by atoms with Crippen molar-refractivity contribution in [1.82, 2.24) is 9.80 Å². The van der Waals surface area contributed by atoms with Gasteiger partial charge in [0, 0.05) is 41.4 Å². The number of hydrogen-bond donors (Lipinski definition) is 0. The van der Waals surface area contributed by atoms with E-state index in [2.05, 4.69) is 34.5 Å². The quantitative estimate of drug-likeness (QED) is 0.382. The minimum Gasteiger partial charge on any atom is -0.514 e. The standard InChI is InChI=1S/C7H9N2.Ti/c1-2-8-4-6-9(3-1)7-5-8;/h1,4,6H,2,5,7H2;/q-1;. The Morgan fingerprint density at radius 1 is 1.20 bits per heavy atom. The summed E-state index contributed by atoms with van der Waals surface area (Å²) in [6, 6.07) is 0. The molecular weight excluding hydrogens is 160 g/mol. The van der Waals surface area contributed by atoms with Gasteiger partial charge in [0.25, 0.3) is 0 Å². The van der Waals surface area contributed by atoms with Crippen LogP contribution in [0.25, 0.3) is 0 Å². The number of rotatable bonds is 0. The topological polar surface area (TPSA) is 6.48 Å². The third kappa shape index (κ3) is 1.44. The second-order valence-electron chi connectivity index (χ2n) is 2.32. The van der Waals surface area contributed by atoms with Crippen LogP contribution >= 0.6 is 0 Å². The van der Waals surface area contributed by atoms with E-state index in [9.17, 15) is 0 Å². The zero-order valence-electron chi connectivity index (χ0n) is 5.75. The Kier molecular flexibility index (Phi) is 2.58. The van der Waals surface area contributed by atoms with Crippen molar-refractivity contribution in [1.29, 1.82) is 0 Å². The summed E-state index contributed by atoms with van der Waals surface area (Å²) in [6.07, 6.45) is 9.39. The maximum Gasteiger partial charge on any atom is 0.0310 e. The van der Waals surface area contributed by atoms with E-state index in [1.807, 2.05) is 0 Å². The fourth-order valence-corrected chi connectivity index (χ4v) is 1.10. The summed E-state index contributed by atoms with van der Waals surface area (Å²) in [5.41, 5.74) is 0. The van der Waals surface area contributed by atoms with Crippen molar-refractivity contribution in [3.63, 3.8) is 0 Å². The van der Waals surface area contributed by atoms with Crippen LogP contribution < -0.4 is 0 Å². The molecule has 0 saturated carbocycles. The Bertz CT molecular complexity index is 165. The molecule has 0 aromatic rings. The van der Waals surface area contributed by atoms with Gasteiger partial charge in [-0.15, -0.1) is 12.3 Å². The van der Waals surface area contributed by atoms with Crippen LogP contribution in [-0.2, 0) is 21.7 Å². The summed E-state index contributed by atoms with van der Waals surface area (Å²) in [6.45, 7) is 3.25. The molecule has 3 aliphatic heterocycles. The van der Waals surface area contributed by atoms with E-state index in [4.69, 9.17) is 0 Å². The predicted octanol–water partition coefficient (Wildman–Crippen LogP) is 0.403. The Morgan fingerprint density at radius 2 is 2.10 bits per heavy atom. The van der Waals surface area contributed by atoms with Gasteiger partial charge < -0.3 is 9.80 Å². The fraction of sp³-hybridized carbons (Fsp3) is 0.429. The van der Waals surface area contributed by atoms with Crippen LogP contribution in [0.5, 0.6) is 0 Å². The number of fused-ring (bicyclic) bond motifs is 2. The first kappa shape index (κ1) is 7.90. The predicted molar refractivity (Wildman–Crippen MR) is 35.2 cm³/mol. The molecule has 0 radical (unpaired) electrons. The van der Waals surface area contributed by atoms with Gasteiger partial charge in [0.1, 0.15) is 0 Å². The van der Waals surface area contributed by atoms with Gasteiger partial charge in [0.2, 0.25) is 0 Å². The minimum atomic E-state index is 0. The van der Waals surface area contributed by atoms with Crippen LogP contribution in [0.4, 0.5) is 0 Å². The second kappa shape index (κ2) is 3.26. The van der Waals surface area contributed by atoms with Gasteiger partial charge in [0.05, 0.1) is 0 Å². The molecule has 52 valence electrons. The Hall–Kier alpha value is -0.206. The molecule has 0 spiro atoms. The van der Waals surface area contributed by atoms with Crippen LogP contribution in [0.15, 0.2) is 18.5 Å². The van der Waals surface area contributed by atoms with Crippen molar-refractivity contribution >= 4 is 0 Å². The van der Waals surface area contributed by atoms with Crippen molar-refractivity contribution in [2.24, 2.45) is 0 Å². The Labute approximate surface area is 76.1 Å². The molecule has 0 saturated heterocycles. The first-order chi connectivity index (χ1) is 4.45. The summed E-state index contributed by atoms with van der Waals surface area (Å²) in [5.74, 6) is 0. The first-order valence-corrected chi connectivity index (χ1v) is 3.22. The second-order valence-corrected chi connectivity index (χ2v) is 2.32. The molecule has 0 aromatic heterocycles. The van der Waals surface area contributed by atoms with Crippen LogP contribution in [0.1, 0.15) is 0 Å². The van der Waals surface area contributed by atoms with Crippen molar-refractivity contribution < 1.29 is 21.7 Å². The van der Waals surface area contributed by atoms with Gasteiger partial charge >= 0.3 is 0 Å². The van der Waals surface area contributed by atoms with E-state index in [-0.39, 0.29) is 21.7 Å². The first-order valence-electron chi connectivity index (χ1n) is 3.22. The van der Waals surface area contributed by atoms with Crippen molar-refractivity contribution in [2.45, 2.75) is 0 Å². The molecule has 0 N–H and O–H groups in total. The van der Waals surface area contributed by atoms with E-state index in [1.165, 1.54) is 0 Å². The molecule has 2 bridgehead atoms. The summed E-state index contributed by atoms with van der Waals surface area (Å²) < 4.78 is 0. The molecule has 3 heteroatoms. The van der Waals surface area contributed by atoms with E-state index >= 15 is 0 Å². The molecule has 0 atom stereocenters. The van der Waals surface area contributed by atoms with E-state index in [0.29, 0.717) is 0 Å². The largest absolute Gasteiger partial charge is 0.514 e. The molecule has 3 heterocycles. The van der Waals surface area contributed by atoms with Crippen molar-refractivity contribution in [2.75, 3.05) is 19.6 Å². The van der Waals surface area contributed by atoms with Gasteiger partial charge in [-0.1, -0.05) is 6.20 Å². The molecule has 0 fully saturated rings. The van der Waals surface area contributed by atoms with Crippen molar-refractivity contribution in [3.05, 3.63) is 24.7 Å². The molecular formula is C7H9N2Ti-. The van der Waals surface area contributed by atoms with Crippen molar-refractivity contribution in [3.8, 4) is 0 Å². The summed E-state index contributed by atoms with van der Waals surface area (Å²) in [7, 11) is 0. The molecule has 0 aliphatic carbocycles. The van der Waals surface area contributed by atoms with Gasteiger partial charge in [0.15, 0.2) is 0 Å². The Morgan fingerprint density at radius 3 is 2.80 bits per heavy atom. The minimum absolute atomic E-state index is 0. The van der Waals surface area contributed by atoms with E-state index in [0.717, 1.165) is 19.6 Å². The zero-order valence-corrected chi connectivity index (χ0v) is 7.31. The molecule has 0 amide bonds. The fourth-order valence-electron chi connectivity index (χ4n) is 1.10. The molecule has 3 aliphatic rings. The summed E-state index contributed by atoms with van der Waals surface area (Å²) >= 11 is 0. The molecule has 2 nitrogen and oxygen atoms in total. The molecule has 0 unspecified atom stereocenters. The maximum atomic E-state index is 3.15. The summed E-state index contributed by atoms with van der Waals surface area (Å²) in [5, 5.41) is 0. The SMILES string of the molecule is [C-]1=CCN2C=CN1CC2.[Ti]. The Balaban J connectivity index is 0.000000500. The average molecular weight is 169 g/mol. The van der Waals surface area contributed by atoms with Gasteiger partial charge in [-0.2, -0.15) is 6.20 Å². The third-order valence-corrected chi connectivity index (χ3v) is 1.67. The van der Waals surface area contributed by atoms with E-state index in [1.54, 1.807) is 0 Å². The zero-order chi connectivity index (χ0) is 6.10. The van der Waals surface area contributed by atoms with Crippen LogP contribution in [0.2, 0.25) is 0 Å². The number of hydrogen-bond acceptors (Lipinski definition) is 2. The summed E-state index contributed by atoms with van der Waals surface area (Å²) in [4.78, 5) is 4.36. The third-order valence-electron chi connectivity index (χ3n) is 1.67. The molecule has 0 aromatic carbocycles. The average Bonchev–Trinajstić information content (AvgIpc) is 2.21. The molecule has 3 rings (SSSR count).